The molecule has 0 aromatic heterocycles. The number of aryl methyl sites for hydroxylation is 1. The summed E-state index contributed by atoms with van der Waals surface area (Å²) in [6.07, 6.45) is 5.17. The third-order valence-corrected chi connectivity index (χ3v) is 5.52. The number of ketones is 1. The molecule has 0 bridgehead atoms. The third kappa shape index (κ3) is 4.20. The first kappa shape index (κ1) is 19.5. The van der Waals surface area contributed by atoms with Gasteiger partial charge in [0.15, 0.2) is 5.78 Å². The van der Waals surface area contributed by atoms with Crippen LogP contribution in [0.2, 0.25) is 0 Å². The summed E-state index contributed by atoms with van der Waals surface area (Å²) in [5.74, 6) is -0.940. The zero-order valence-corrected chi connectivity index (χ0v) is 16.6. The first-order chi connectivity index (χ1) is 13.0. The van der Waals surface area contributed by atoms with E-state index in [1.807, 2.05) is 38.1 Å². The number of carbonyl (C=O) groups excluding carboxylic acids is 2. The van der Waals surface area contributed by atoms with Crippen molar-refractivity contribution in [1.29, 1.82) is 0 Å². The summed E-state index contributed by atoms with van der Waals surface area (Å²) < 4.78 is 5.59. The molecule has 1 aliphatic carbocycles. The molecule has 0 saturated heterocycles. The zero-order chi connectivity index (χ0) is 19.4. The molecule has 4 nitrogen and oxygen atoms in total. The van der Waals surface area contributed by atoms with Crippen LogP contribution < -0.4 is 0 Å². The number of nitrogens with zero attached hydrogens (tertiary/aromatic N) is 1. The van der Waals surface area contributed by atoms with Crippen molar-refractivity contribution in [3.05, 3.63) is 46.7 Å². The first-order valence-corrected chi connectivity index (χ1v) is 10.1. The number of esters is 1. The molecule has 2 atom stereocenters. The molecule has 0 spiro atoms. The number of hydrogen-bond donors (Lipinski definition) is 0. The van der Waals surface area contributed by atoms with E-state index < -0.39 is 5.92 Å². The van der Waals surface area contributed by atoms with Gasteiger partial charge in [0.1, 0.15) is 5.92 Å². The van der Waals surface area contributed by atoms with Crippen LogP contribution in [0.5, 0.6) is 0 Å². The Morgan fingerprint density at radius 3 is 2.59 bits per heavy atom. The number of ether oxygens (including phenoxy) is 1. The fourth-order valence-electron chi connectivity index (χ4n) is 4.06. The number of rotatable bonds is 6. The third-order valence-electron chi connectivity index (χ3n) is 5.52. The van der Waals surface area contributed by atoms with Gasteiger partial charge in [0.25, 0.3) is 0 Å². The van der Waals surface area contributed by atoms with Crippen LogP contribution in [0.25, 0.3) is 0 Å². The molecule has 0 saturated carbocycles. The van der Waals surface area contributed by atoms with E-state index in [9.17, 15) is 9.59 Å². The van der Waals surface area contributed by atoms with E-state index in [0.717, 1.165) is 60.2 Å². The van der Waals surface area contributed by atoms with E-state index >= 15 is 0 Å². The highest BCUT2D eigenvalue weighted by molar-refractivity contribution is 6.08. The van der Waals surface area contributed by atoms with E-state index in [4.69, 9.17) is 4.74 Å². The lowest BCUT2D eigenvalue weighted by Gasteiger charge is -2.34. The normalized spacial score (nSPS) is 22.3. The van der Waals surface area contributed by atoms with Gasteiger partial charge in [-0.05, 0) is 38.7 Å². The Labute approximate surface area is 161 Å². The lowest BCUT2D eigenvalue weighted by molar-refractivity contribution is -0.146. The summed E-state index contributed by atoms with van der Waals surface area (Å²) in [6, 6.07) is 8.13. The maximum Gasteiger partial charge on any atom is 0.315 e. The summed E-state index contributed by atoms with van der Waals surface area (Å²) >= 11 is 0. The maximum atomic E-state index is 13.0. The van der Waals surface area contributed by atoms with Gasteiger partial charge < -0.3 is 4.74 Å². The van der Waals surface area contributed by atoms with Crippen LogP contribution in [0, 0.1) is 12.8 Å². The molecule has 2 aliphatic rings. The van der Waals surface area contributed by atoms with Crippen LogP contribution >= 0.6 is 0 Å². The number of hydrogen-bond acceptors (Lipinski definition) is 4. The predicted molar refractivity (Wildman–Crippen MR) is 107 cm³/mol. The fraction of sp³-hybridized carbons (Fsp3) is 0.522. The Kier molecular flexibility index (Phi) is 6.25. The Hall–Kier alpha value is -2.23. The van der Waals surface area contributed by atoms with Crippen molar-refractivity contribution in [3.63, 3.8) is 0 Å². The first-order valence-electron chi connectivity index (χ1n) is 10.1. The molecule has 144 valence electrons. The van der Waals surface area contributed by atoms with Gasteiger partial charge in [-0.3, -0.25) is 14.6 Å². The molecule has 1 aromatic carbocycles. The average molecular weight is 367 g/mol. The largest absolute Gasteiger partial charge is 0.465 e. The summed E-state index contributed by atoms with van der Waals surface area (Å²) in [5.41, 5.74) is 4.50. The number of aliphatic imine (C=N–C) groups is 1. The van der Waals surface area contributed by atoms with Crippen molar-refractivity contribution < 1.29 is 14.3 Å². The Morgan fingerprint density at radius 2 is 1.89 bits per heavy atom. The fourth-order valence-corrected chi connectivity index (χ4v) is 4.06. The number of Topliss-reactive ketones (excluding diaryl/α,β-unsaturated/α-hetero) is 1. The number of benzene rings is 1. The lowest BCUT2D eigenvalue weighted by atomic mass is 9.71. The highest BCUT2D eigenvalue weighted by Crippen LogP contribution is 2.43. The van der Waals surface area contributed by atoms with Gasteiger partial charge in [-0.2, -0.15) is 0 Å². The molecule has 1 aromatic rings. The minimum atomic E-state index is -0.518. The molecule has 0 radical (unpaired) electrons. The number of carbonyl (C=O) groups is 2. The molecule has 0 fully saturated rings. The van der Waals surface area contributed by atoms with Gasteiger partial charge >= 0.3 is 5.97 Å². The second-order valence-corrected chi connectivity index (χ2v) is 7.63. The van der Waals surface area contributed by atoms with E-state index in [1.165, 1.54) is 0 Å². The zero-order valence-electron chi connectivity index (χ0n) is 16.6. The van der Waals surface area contributed by atoms with Crippen LogP contribution in [0.3, 0.4) is 0 Å². The molecule has 27 heavy (non-hydrogen) atoms. The van der Waals surface area contributed by atoms with Crippen molar-refractivity contribution in [2.24, 2.45) is 10.9 Å². The standard InChI is InChI=1S/C23H29NO3/c1-4-5-6-14-27-23(26)20-16(3)24-18-8-7-9-19(25)22(18)21(20)17-12-10-15(2)11-13-17/h10-13,20-21H,4-9,14H2,1-3H3/t20?,21-/m0/s1. The summed E-state index contributed by atoms with van der Waals surface area (Å²) in [6.45, 7) is 6.47. The van der Waals surface area contributed by atoms with Gasteiger partial charge in [-0.1, -0.05) is 49.6 Å². The highest BCUT2D eigenvalue weighted by Gasteiger charge is 2.43. The SMILES string of the molecule is CCCCCOC(=O)C1C(C)=NC2=C(C(=O)CCC2)[C@H]1c1ccc(C)cc1. The average Bonchev–Trinajstić information content (AvgIpc) is 2.65. The van der Waals surface area contributed by atoms with Gasteiger partial charge in [0.05, 0.1) is 6.61 Å². The van der Waals surface area contributed by atoms with Crippen LogP contribution in [0.1, 0.15) is 69.4 Å². The topological polar surface area (TPSA) is 55.7 Å². The molecule has 1 heterocycles. The van der Waals surface area contributed by atoms with E-state index in [1.54, 1.807) is 0 Å². The number of allylic oxidation sites excluding steroid dienone is 2. The van der Waals surface area contributed by atoms with Crippen molar-refractivity contribution in [3.8, 4) is 0 Å². The molecule has 0 N–H and O–H groups in total. The van der Waals surface area contributed by atoms with Crippen LogP contribution in [0.4, 0.5) is 0 Å². The second-order valence-electron chi connectivity index (χ2n) is 7.63. The molecular weight excluding hydrogens is 338 g/mol. The predicted octanol–water partition coefficient (Wildman–Crippen LogP) is 4.91. The monoisotopic (exact) mass is 367 g/mol. The van der Waals surface area contributed by atoms with Crippen molar-refractivity contribution in [2.75, 3.05) is 6.61 Å². The molecule has 1 aliphatic heterocycles. The summed E-state index contributed by atoms with van der Waals surface area (Å²) in [7, 11) is 0. The number of unbranched alkanes of at least 4 members (excludes halogenated alkanes) is 2. The van der Waals surface area contributed by atoms with Gasteiger partial charge in [0.2, 0.25) is 0 Å². The van der Waals surface area contributed by atoms with Gasteiger partial charge in [0, 0.05) is 29.3 Å². The smallest absolute Gasteiger partial charge is 0.315 e. The highest BCUT2D eigenvalue weighted by atomic mass is 16.5. The molecule has 1 unspecified atom stereocenters. The van der Waals surface area contributed by atoms with Gasteiger partial charge in [-0.15, -0.1) is 0 Å². The molecule has 3 rings (SSSR count). The van der Waals surface area contributed by atoms with E-state index in [-0.39, 0.29) is 17.7 Å². The summed E-state index contributed by atoms with van der Waals surface area (Å²) in [4.78, 5) is 30.4. The Bertz CT molecular complexity index is 773. The van der Waals surface area contributed by atoms with E-state index in [2.05, 4.69) is 11.9 Å². The van der Waals surface area contributed by atoms with Crippen molar-refractivity contribution in [2.45, 2.75) is 65.2 Å². The quantitative estimate of drug-likeness (QED) is 0.530. The van der Waals surface area contributed by atoms with Crippen LogP contribution in [-0.2, 0) is 14.3 Å². The van der Waals surface area contributed by atoms with Crippen LogP contribution in [0.15, 0.2) is 40.5 Å². The lowest BCUT2D eigenvalue weighted by Crippen LogP contribution is -2.37. The van der Waals surface area contributed by atoms with Crippen LogP contribution in [-0.4, -0.2) is 24.1 Å². The second kappa shape index (κ2) is 8.64. The minimum Gasteiger partial charge on any atom is -0.465 e. The molecule has 0 amide bonds. The Morgan fingerprint density at radius 1 is 1.15 bits per heavy atom. The van der Waals surface area contributed by atoms with Gasteiger partial charge in [-0.25, -0.2) is 0 Å². The Balaban J connectivity index is 1.96. The summed E-state index contributed by atoms with van der Waals surface area (Å²) in [5, 5.41) is 0. The molecule has 4 heteroatoms. The maximum absolute atomic E-state index is 13.0. The molecular formula is C23H29NO3. The van der Waals surface area contributed by atoms with Crippen molar-refractivity contribution >= 4 is 17.5 Å². The van der Waals surface area contributed by atoms with Crippen molar-refractivity contribution in [1.82, 2.24) is 0 Å². The minimum absolute atomic E-state index is 0.127. The van der Waals surface area contributed by atoms with E-state index in [0.29, 0.717) is 13.0 Å².